The van der Waals surface area contributed by atoms with Crippen molar-refractivity contribution in [1.29, 1.82) is 0 Å². The second kappa shape index (κ2) is 6.64. The Hall–Kier alpha value is -2.41. The van der Waals surface area contributed by atoms with Gasteiger partial charge in [0.2, 0.25) is 11.0 Å². The first-order valence-corrected chi connectivity index (χ1v) is 10.2. The zero-order valence-electron chi connectivity index (χ0n) is 17.5. The molecule has 0 aliphatic carbocycles. The van der Waals surface area contributed by atoms with Gasteiger partial charge >= 0.3 is 0 Å². The fourth-order valence-electron chi connectivity index (χ4n) is 4.79. The molecule has 138 valence electrons. The summed E-state index contributed by atoms with van der Waals surface area (Å²) in [6.45, 7) is 13.6. The minimum Gasteiger partial charge on any atom is -0.157 e. The molecular formula is C26H30N+. The van der Waals surface area contributed by atoms with E-state index in [1.54, 1.807) is 0 Å². The van der Waals surface area contributed by atoms with Crippen LogP contribution in [0.2, 0.25) is 0 Å². The summed E-state index contributed by atoms with van der Waals surface area (Å²) < 4.78 is 2.50. The van der Waals surface area contributed by atoms with E-state index in [9.17, 15) is 0 Å². The third-order valence-electron chi connectivity index (χ3n) is 5.82. The van der Waals surface area contributed by atoms with Gasteiger partial charge in [0.05, 0.1) is 5.39 Å². The van der Waals surface area contributed by atoms with Crippen molar-refractivity contribution >= 4 is 27.2 Å². The normalized spacial score (nSPS) is 12.0. The minimum atomic E-state index is 0.667. The lowest BCUT2D eigenvalue weighted by Crippen LogP contribution is -2.29. The lowest BCUT2D eigenvalue weighted by atomic mass is 9.94. The Bertz CT molecular complexity index is 1180. The Labute approximate surface area is 162 Å². The van der Waals surface area contributed by atoms with Gasteiger partial charge in [-0.05, 0) is 67.5 Å². The molecule has 0 aliphatic heterocycles. The highest BCUT2D eigenvalue weighted by Gasteiger charge is 2.22. The summed E-state index contributed by atoms with van der Waals surface area (Å²) in [7, 11) is 0. The van der Waals surface area contributed by atoms with Crippen molar-refractivity contribution in [1.82, 2.24) is 0 Å². The summed E-state index contributed by atoms with van der Waals surface area (Å²) in [5, 5.41) is 4.14. The second-order valence-electron chi connectivity index (χ2n) is 8.47. The molecule has 0 saturated heterocycles. The topological polar surface area (TPSA) is 4.10 Å². The molecule has 0 aliphatic rings. The molecule has 27 heavy (non-hydrogen) atoms. The maximum Gasteiger partial charge on any atom is 0.219 e. The van der Waals surface area contributed by atoms with Crippen LogP contribution in [0.15, 0.2) is 42.5 Å². The molecule has 0 unspecified atom stereocenters. The third-order valence-corrected chi connectivity index (χ3v) is 5.82. The van der Waals surface area contributed by atoms with Gasteiger partial charge in [-0.3, -0.25) is 0 Å². The second-order valence-corrected chi connectivity index (χ2v) is 8.47. The Morgan fingerprint density at radius 2 is 1.63 bits per heavy atom. The molecule has 2 heterocycles. The van der Waals surface area contributed by atoms with E-state index < -0.39 is 0 Å². The van der Waals surface area contributed by atoms with E-state index in [-0.39, 0.29) is 0 Å². The van der Waals surface area contributed by atoms with Gasteiger partial charge in [-0.15, -0.1) is 0 Å². The van der Waals surface area contributed by atoms with Crippen LogP contribution in [0.25, 0.3) is 27.2 Å². The highest BCUT2D eigenvalue weighted by molar-refractivity contribution is 5.99. The summed E-state index contributed by atoms with van der Waals surface area (Å²) in [6, 6.07) is 16.3. The van der Waals surface area contributed by atoms with Gasteiger partial charge < -0.3 is 0 Å². The lowest BCUT2D eigenvalue weighted by molar-refractivity contribution is -0.489. The Kier molecular flexibility index (Phi) is 4.42. The molecule has 4 aromatic rings. The van der Waals surface area contributed by atoms with Crippen molar-refractivity contribution in [3.05, 3.63) is 70.4 Å². The standard InChI is InChI=1S/C26H30N/c1-7-22-19(6)27-24(23-14-17(4)13-18(5)26(22)23)11-10-21-9-8-20(12-16(2)3)15-25(21)27/h8-11,13-16H,7,12H2,1-6H3/q+1. The highest BCUT2D eigenvalue weighted by Crippen LogP contribution is 2.30. The summed E-state index contributed by atoms with van der Waals surface area (Å²) in [5.41, 5.74) is 9.65. The summed E-state index contributed by atoms with van der Waals surface area (Å²) in [4.78, 5) is 0. The molecule has 2 aromatic heterocycles. The molecular weight excluding hydrogens is 326 g/mol. The summed E-state index contributed by atoms with van der Waals surface area (Å²) >= 11 is 0. The highest BCUT2D eigenvalue weighted by atomic mass is 14.9. The van der Waals surface area contributed by atoms with Crippen LogP contribution in [0, 0.1) is 26.7 Å². The molecule has 0 fully saturated rings. The molecule has 2 aromatic carbocycles. The monoisotopic (exact) mass is 356 g/mol. The summed E-state index contributed by atoms with van der Waals surface area (Å²) in [6.07, 6.45) is 2.18. The number of hydrogen-bond acceptors (Lipinski definition) is 0. The SMILES string of the molecule is CCc1c(C)[n+]2c3cc(CC(C)C)ccc3ccc2c2cc(C)cc(C)c12. The largest absolute Gasteiger partial charge is 0.219 e. The molecule has 0 spiro atoms. The van der Waals surface area contributed by atoms with E-state index in [2.05, 4.69) is 88.4 Å². The molecule has 0 amide bonds. The predicted molar refractivity (Wildman–Crippen MR) is 117 cm³/mol. The number of aryl methyl sites for hydroxylation is 4. The maximum absolute atomic E-state index is 2.50. The molecule has 0 radical (unpaired) electrons. The van der Waals surface area contributed by atoms with Crippen LogP contribution in [0.5, 0.6) is 0 Å². The van der Waals surface area contributed by atoms with E-state index in [0.29, 0.717) is 5.92 Å². The molecule has 1 heteroatoms. The fourth-order valence-corrected chi connectivity index (χ4v) is 4.79. The van der Waals surface area contributed by atoms with Crippen LogP contribution in [0.1, 0.15) is 48.7 Å². The van der Waals surface area contributed by atoms with Crippen LogP contribution in [-0.2, 0) is 12.8 Å². The quantitative estimate of drug-likeness (QED) is 0.295. The van der Waals surface area contributed by atoms with Crippen LogP contribution >= 0.6 is 0 Å². The lowest BCUT2D eigenvalue weighted by Gasteiger charge is -2.13. The fraction of sp³-hybridized carbons (Fsp3) is 0.346. The van der Waals surface area contributed by atoms with Crippen LogP contribution < -0.4 is 4.40 Å². The Morgan fingerprint density at radius 3 is 2.33 bits per heavy atom. The van der Waals surface area contributed by atoms with Crippen molar-refractivity contribution in [2.45, 2.75) is 54.4 Å². The number of hydrogen-bond donors (Lipinski definition) is 0. The van der Waals surface area contributed by atoms with Gasteiger partial charge in [-0.25, -0.2) is 0 Å². The maximum atomic E-state index is 2.50. The smallest absolute Gasteiger partial charge is 0.157 e. The number of rotatable bonds is 3. The molecule has 0 bridgehead atoms. The first-order valence-electron chi connectivity index (χ1n) is 10.2. The van der Waals surface area contributed by atoms with Crippen LogP contribution in [0.4, 0.5) is 0 Å². The van der Waals surface area contributed by atoms with Gasteiger partial charge in [0.25, 0.3) is 0 Å². The first-order chi connectivity index (χ1) is 12.9. The van der Waals surface area contributed by atoms with Crippen molar-refractivity contribution in [3.63, 3.8) is 0 Å². The minimum absolute atomic E-state index is 0.667. The average Bonchev–Trinajstić information content (AvgIpc) is 2.61. The van der Waals surface area contributed by atoms with Crippen molar-refractivity contribution < 1.29 is 4.40 Å². The molecule has 0 N–H and O–H groups in total. The Morgan fingerprint density at radius 1 is 0.889 bits per heavy atom. The van der Waals surface area contributed by atoms with Crippen LogP contribution in [-0.4, -0.2) is 0 Å². The van der Waals surface area contributed by atoms with E-state index in [4.69, 9.17) is 0 Å². The summed E-state index contributed by atoms with van der Waals surface area (Å²) in [5.74, 6) is 0.667. The van der Waals surface area contributed by atoms with Crippen molar-refractivity contribution in [3.8, 4) is 0 Å². The average molecular weight is 357 g/mol. The molecule has 0 atom stereocenters. The van der Waals surface area contributed by atoms with Gasteiger partial charge in [-0.2, -0.15) is 4.40 Å². The van der Waals surface area contributed by atoms with Gasteiger partial charge in [-0.1, -0.05) is 32.9 Å². The molecule has 0 saturated carbocycles. The first kappa shape index (κ1) is 18.0. The number of benzene rings is 2. The van der Waals surface area contributed by atoms with E-state index >= 15 is 0 Å². The van der Waals surface area contributed by atoms with E-state index in [1.165, 1.54) is 55.1 Å². The number of aromatic nitrogens is 1. The predicted octanol–water partition coefficient (Wildman–Crippen LogP) is 6.42. The zero-order chi connectivity index (χ0) is 19.3. The number of pyridine rings is 2. The Balaban J connectivity index is 2.21. The van der Waals surface area contributed by atoms with Crippen molar-refractivity contribution in [2.24, 2.45) is 5.92 Å². The molecule has 4 rings (SSSR count). The van der Waals surface area contributed by atoms with E-state index in [0.717, 1.165) is 12.8 Å². The zero-order valence-corrected chi connectivity index (χ0v) is 17.5. The van der Waals surface area contributed by atoms with Gasteiger partial charge in [0.15, 0.2) is 5.69 Å². The van der Waals surface area contributed by atoms with Crippen molar-refractivity contribution in [2.75, 3.05) is 0 Å². The van der Waals surface area contributed by atoms with E-state index in [1.807, 2.05) is 0 Å². The number of nitrogens with zero attached hydrogens (tertiary/aromatic N) is 1. The molecule has 1 nitrogen and oxygen atoms in total. The third kappa shape index (κ3) is 2.90. The van der Waals surface area contributed by atoms with Crippen LogP contribution in [0.3, 0.4) is 0 Å². The van der Waals surface area contributed by atoms with Gasteiger partial charge in [0, 0.05) is 35.4 Å². The van der Waals surface area contributed by atoms with Gasteiger partial charge in [0.1, 0.15) is 0 Å². The number of fused-ring (bicyclic) bond motifs is 5.